The van der Waals surface area contributed by atoms with Gasteiger partial charge in [0.15, 0.2) is 23.3 Å². The first-order valence-corrected chi connectivity index (χ1v) is 4.27. The van der Waals surface area contributed by atoms with E-state index in [0.717, 1.165) is 0 Å². The Hall–Kier alpha value is -1.79. The van der Waals surface area contributed by atoms with Crippen molar-refractivity contribution in [3.8, 4) is 0 Å². The molecule has 0 spiro atoms. The van der Waals surface area contributed by atoms with Crippen LogP contribution in [0.15, 0.2) is 6.07 Å². The first-order chi connectivity index (χ1) is 7.50. The average molecular weight is 235 g/mol. The van der Waals surface area contributed by atoms with E-state index < -0.39 is 41.0 Å². The molecule has 86 valence electrons. The molecule has 1 aromatic rings. The molecule has 1 aromatic carbocycles. The number of carbonyl (C=O) groups excluding carboxylic acids is 1. The van der Waals surface area contributed by atoms with Gasteiger partial charge in [-0.15, -0.1) is 0 Å². The molecular formula is C9H5F4NO2. The van der Waals surface area contributed by atoms with Crippen LogP contribution in [0.4, 0.5) is 22.4 Å². The highest BCUT2D eigenvalue weighted by molar-refractivity contribution is 5.70. The molecule has 1 aliphatic rings. The van der Waals surface area contributed by atoms with Gasteiger partial charge in [0.1, 0.15) is 6.61 Å². The third kappa shape index (κ3) is 1.58. The summed E-state index contributed by atoms with van der Waals surface area (Å²) in [6.07, 6.45) is -0.895. The minimum absolute atomic E-state index is 0.103. The van der Waals surface area contributed by atoms with Crippen LogP contribution in [0.2, 0.25) is 0 Å². The van der Waals surface area contributed by atoms with Crippen LogP contribution in [0.1, 0.15) is 11.6 Å². The van der Waals surface area contributed by atoms with E-state index in [-0.39, 0.29) is 12.7 Å². The lowest BCUT2D eigenvalue weighted by Crippen LogP contribution is -2.21. The molecule has 3 nitrogen and oxygen atoms in total. The van der Waals surface area contributed by atoms with Crippen LogP contribution in [0.25, 0.3) is 0 Å². The molecule has 0 saturated carbocycles. The van der Waals surface area contributed by atoms with E-state index in [2.05, 4.69) is 4.74 Å². The summed E-state index contributed by atoms with van der Waals surface area (Å²) < 4.78 is 56.5. The summed E-state index contributed by atoms with van der Waals surface area (Å²) in [5.41, 5.74) is -0.872. The van der Waals surface area contributed by atoms with Crippen molar-refractivity contribution in [1.82, 2.24) is 5.32 Å². The molecule has 1 amide bonds. The van der Waals surface area contributed by atoms with Crippen LogP contribution < -0.4 is 5.32 Å². The summed E-state index contributed by atoms with van der Waals surface area (Å²) >= 11 is 0. The summed E-state index contributed by atoms with van der Waals surface area (Å²) in [7, 11) is 0. The van der Waals surface area contributed by atoms with Crippen molar-refractivity contribution in [2.24, 2.45) is 0 Å². The van der Waals surface area contributed by atoms with Gasteiger partial charge in [-0.1, -0.05) is 0 Å². The van der Waals surface area contributed by atoms with Crippen LogP contribution in [-0.2, 0) is 4.74 Å². The van der Waals surface area contributed by atoms with E-state index >= 15 is 0 Å². The largest absolute Gasteiger partial charge is 0.447 e. The molecule has 1 saturated heterocycles. The van der Waals surface area contributed by atoms with Crippen LogP contribution >= 0.6 is 0 Å². The predicted octanol–water partition coefficient (Wildman–Crippen LogP) is 2.02. The number of rotatable bonds is 1. The van der Waals surface area contributed by atoms with Crippen molar-refractivity contribution < 1.29 is 27.1 Å². The lowest BCUT2D eigenvalue weighted by atomic mass is 10.1. The van der Waals surface area contributed by atoms with Crippen LogP contribution in [0.3, 0.4) is 0 Å². The minimum atomic E-state index is -1.53. The van der Waals surface area contributed by atoms with Gasteiger partial charge < -0.3 is 10.1 Å². The number of hydrogen-bond acceptors (Lipinski definition) is 2. The Morgan fingerprint density at radius 2 is 1.75 bits per heavy atom. The molecule has 1 atom stereocenters. The summed E-state index contributed by atoms with van der Waals surface area (Å²) in [6.45, 7) is -0.379. The topological polar surface area (TPSA) is 38.3 Å². The zero-order valence-corrected chi connectivity index (χ0v) is 7.69. The van der Waals surface area contributed by atoms with Crippen LogP contribution in [0.5, 0.6) is 0 Å². The molecule has 0 aromatic heterocycles. The minimum Gasteiger partial charge on any atom is -0.447 e. The molecule has 0 aliphatic carbocycles. The van der Waals surface area contributed by atoms with Gasteiger partial charge in [0, 0.05) is 6.07 Å². The third-order valence-corrected chi connectivity index (χ3v) is 2.17. The van der Waals surface area contributed by atoms with E-state index in [1.165, 1.54) is 0 Å². The fourth-order valence-electron chi connectivity index (χ4n) is 1.44. The zero-order valence-electron chi connectivity index (χ0n) is 7.69. The number of benzene rings is 1. The number of amides is 1. The Labute approximate surface area is 87.0 Å². The molecular weight excluding hydrogens is 230 g/mol. The maximum Gasteiger partial charge on any atom is 0.407 e. The number of halogens is 4. The molecule has 1 N–H and O–H groups in total. The number of carbonyl (C=O) groups is 1. The lowest BCUT2D eigenvalue weighted by Gasteiger charge is -2.11. The summed E-state index contributed by atoms with van der Waals surface area (Å²) in [6, 6.07) is -1.12. The van der Waals surface area contributed by atoms with E-state index in [1.54, 1.807) is 0 Å². The average Bonchev–Trinajstić information content (AvgIpc) is 2.62. The van der Waals surface area contributed by atoms with Gasteiger partial charge in [-0.2, -0.15) is 0 Å². The maximum atomic E-state index is 13.2. The van der Waals surface area contributed by atoms with Crippen LogP contribution in [-0.4, -0.2) is 12.7 Å². The highest BCUT2D eigenvalue weighted by Crippen LogP contribution is 2.27. The van der Waals surface area contributed by atoms with Gasteiger partial charge in [0.05, 0.1) is 11.6 Å². The molecule has 1 aliphatic heterocycles. The highest BCUT2D eigenvalue weighted by atomic mass is 19.2. The molecule has 1 heterocycles. The molecule has 16 heavy (non-hydrogen) atoms. The van der Waals surface area contributed by atoms with Gasteiger partial charge in [-0.25, -0.2) is 22.4 Å². The van der Waals surface area contributed by atoms with Crippen molar-refractivity contribution in [3.05, 3.63) is 34.9 Å². The Kier molecular flexibility index (Phi) is 2.45. The first kappa shape index (κ1) is 10.7. The normalized spacial score (nSPS) is 19.5. The van der Waals surface area contributed by atoms with E-state index in [1.807, 2.05) is 5.32 Å². The van der Waals surface area contributed by atoms with Crippen molar-refractivity contribution in [2.75, 3.05) is 6.61 Å². The molecule has 1 fully saturated rings. The number of nitrogens with one attached hydrogen (secondary N) is 1. The van der Waals surface area contributed by atoms with Gasteiger partial charge >= 0.3 is 6.09 Å². The van der Waals surface area contributed by atoms with Crippen molar-refractivity contribution in [1.29, 1.82) is 0 Å². The third-order valence-electron chi connectivity index (χ3n) is 2.17. The fraction of sp³-hybridized carbons (Fsp3) is 0.222. The first-order valence-electron chi connectivity index (χ1n) is 4.27. The maximum absolute atomic E-state index is 13.2. The molecule has 2 rings (SSSR count). The number of hydrogen-bond donors (Lipinski definition) is 1. The molecule has 1 unspecified atom stereocenters. The highest BCUT2D eigenvalue weighted by Gasteiger charge is 2.32. The molecule has 7 heteroatoms. The SMILES string of the molecule is O=C1NC(c2c(F)c(F)cc(F)c2F)CO1. The number of cyclic esters (lactones) is 1. The van der Waals surface area contributed by atoms with Crippen molar-refractivity contribution in [2.45, 2.75) is 6.04 Å². The standard InChI is InChI=1S/C9H5F4NO2/c10-3-1-4(11)8(13)6(7(3)12)5-2-16-9(15)14-5/h1,5H,2H2,(H,14,15). The van der Waals surface area contributed by atoms with Crippen molar-refractivity contribution in [3.63, 3.8) is 0 Å². The monoisotopic (exact) mass is 235 g/mol. The lowest BCUT2D eigenvalue weighted by molar-refractivity contribution is 0.176. The van der Waals surface area contributed by atoms with Crippen LogP contribution in [0, 0.1) is 23.3 Å². The fourth-order valence-corrected chi connectivity index (χ4v) is 1.44. The molecule has 0 radical (unpaired) electrons. The van der Waals surface area contributed by atoms with E-state index in [4.69, 9.17) is 0 Å². The predicted molar refractivity (Wildman–Crippen MR) is 43.5 cm³/mol. The summed E-state index contributed by atoms with van der Waals surface area (Å²) in [5.74, 6) is -6.10. The Bertz CT molecular complexity index is 437. The van der Waals surface area contributed by atoms with Crippen molar-refractivity contribution >= 4 is 6.09 Å². The summed E-state index contributed by atoms with van der Waals surface area (Å²) in [4.78, 5) is 10.7. The van der Waals surface area contributed by atoms with Gasteiger partial charge in [-0.05, 0) is 0 Å². The Balaban J connectivity index is 2.51. The summed E-state index contributed by atoms with van der Waals surface area (Å²) in [5, 5.41) is 2.03. The number of alkyl carbamates (subject to hydrolysis) is 1. The van der Waals surface area contributed by atoms with Gasteiger partial charge in [-0.3, -0.25) is 0 Å². The van der Waals surface area contributed by atoms with E-state index in [9.17, 15) is 22.4 Å². The second-order valence-corrected chi connectivity index (χ2v) is 3.18. The zero-order chi connectivity index (χ0) is 11.9. The Morgan fingerprint density at radius 1 is 1.19 bits per heavy atom. The molecule has 0 bridgehead atoms. The van der Waals surface area contributed by atoms with E-state index in [0.29, 0.717) is 0 Å². The second kappa shape index (κ2) is 3.66. The quantitative estimate of drug-likeness (QED) is 0.597. The number of ether oxygens (including phenoxy) is 1. The Morgan fingerprint density at radius 3 is 2.19 bits per heavy atom. The van der Waals surface area contributed by atoms with Gasteiger partial charge in [0.25, 0.3) is 0 Å². The smallest absolute Gasteiger partial charge is 0.407 e. The van der Waals surface area contributed by atoms with Gasteiger partial charge in [0.2, 0.25) is 0 Å². The second-order valence-electron chi connectivity index (χ2n) is 3.18.